The van der Waals surface area contributed by atoms with Crippen molar-refractivity contribution in [2.24, 2.45) is 0 Å². The van der Waals surface area contributed by atoms with Gasteiger partial charge in [0.1, 0.15) is 0 Å². The minimum Gasteiger partial charge on any atom is -0.379 e. The molecule has 2 aliphatic rings. The molecule has 0 bridgehead atoms. The number of ether oxygens (including phenoxy) is 1. The number of rotatable bonds is 5. The fraction of sp³-hybridized carbons (Fsp3) is 0.458. The molecule has 1 N–H and O–H groups in total. The number of nitrogens with zero attached hydrogens (tertiary/aromatic N) is 1. The molecule has 1 aliphatic heterocycles. The number of carbonyl (C=O) groups excluding carboxylic acids is 1. The number of aryl methyl sites for hydroxylation is 2. The molecule has 1 heterocycles. The number of carbonyl (C=O) groups is 1. The lowest BCUT2D eigenvalue weighted by atomic mass is 9.89. The molecular formula is C24H30N2O2. The maximum absolute atomic E-state index is 12.7. The summed E-state index contributed by atoms with van der Waals surface area (Å²) in [5.74, 6) is -0.0110. The molecule has 2 aromatic rings. The SMILES string of the molecule is C[C@H](NC(=O)c1ccc(CN2CCOCC2)cc1)c1ccc2c(c1)CCCC2. The summed E-state index contributed by atoms with van der Waals surface area (Å²) >= 11 is 0. The van der Waals surface area contributed by atoms with E-state index < -0.39 is 0 Å². The zero-order valence-electron chi connectivity index (χ0n) is 16.7. The number of hydrogen-bond donors (Lipinski definition) is 1. The zero-order chi connectivity index (χ0) is 19.3. The Balaban J connectivity index is 1.36. The minimum atomic E-state index is -0.0110. The Hall–Kier alpha value is -2.17. The second kappa shape index (κ2) is 8.89. The van der Waals surface area contributed by atoms with E-state index in [1.807, 2.05) is 12.1 Å². The van der Waals surface area contributed by atoms with Crippen LogP contribution in [0.4, 0.5) is 0 Å². The van der Waals surface area contributed by atoms with Crippen LogP contribution in [0.5, 0.6) is 0 Å². The first-order chi connectivity index (χ1) is 13.7. The molecule has 1 amide bonds. The van der Waals surface area contributed by atoms with Crippen LogP contribution in [0.15, 0.2) is 42.5 Å². The first kappa shape index (κ1) is 19.2. The van der Waals surface area contributed by atoms with E-state index in [9.17, 15) is 4.79 Å². The molecule has 0 saturated carbocycles. The summed E-state index contributed by atoms with van der Waals surface area (Å²) in [6.45, 7) is 6.54. The fourth-order valence-electron chi connectivity index (χ4n) is 4.17. The first-order valence-electron chi connectivity index (χ1n) is 10.5. The van der Waals surface area contributed by atoms with E-state index in [-0.39, 0.29) is 11.9 Å². The molecule has 1 aliphatic carbocycles. The average molecular weight is 379 g/mol. The molecule has 1 fully saturated rings. The molecule has 148 valence electrons. The van der Waals surface area contributed by atoms with Gasteiger partial charge in [0.15, 0.2) is 0 Å². The Labute approximate surface area is 167 Å². The summed E-state index contributed by atoms with van der Waals surface area (Å²) in [5, 5.41) is 3.15. The van der Waals surface area contributed by atoms with Crippen LogP contribution in [-0.2, 0) is 24.1 Å². The Morgan fingerprint density at radius 2 is 1.75 bits per heavy atom. The van der Waals surface area contributed by atoms with Gasteiger partial charge in [0, 0.05) is 25.2 Å². The van der Waals surface area contributed by atoms with Gasteiger partial charge in [-0.25, -0.2) is 0 Å². The van der Waals surface area contributed by atoms with Gasteiger partial charge in [-0.05, 0) is 67.0 Å². The molecule has 4 nitrogen and oxygen atoms in total. The Morgan fingerprint density at radius 1 is 1.04 bits per heavy atom. The smallest absolute Gasteiger partial charge is 0.251 e. The predicted molar refractivity (Wildman–Crippen MR) is 112 cm³/mol. The van der Waals surface area contributed by atoms with Crippen LogP contribution in [0.1, 0.15) is 58.4 Å². The van der Waals surface area contributed by atoms with Gasteiger partial charge in [0.05, 0.1) is 19.3 Å². The average Bonchev–Trinajstić information content (AvgIpc) is 2.74. The summed E-state index contributed by atoms with van der Waals surface area (Å²) in [7, 11) is 0. The predicted octanol–water partition coefficient (Wildman–Crippen LogP) is 3.89. The van der Waals surface area contributed by atoms with Gasteiger partial charge in [-0.2, -0.15) is 0 Å². The van der Waals surface area contributed by atoms with Crippen molar-refractivity contribution in [1.82, 2.24) is 10.2 Å². The molecule has 0 unspecified atom stereocenters. The largest absolute Gasteiger partial charge is 0.379 e. The molecule has 1 saturated heterocycles. The molecule has 28 heavy (non-hydrogen) atoms. The number of morpholine rings is 1. The van der Waals surface area contributed by atoms with Crippen LogP contribution in [0.2, 0.25) is 0 Å². The lowest BCUT2D eigenvalue weighted by Crippen LogP contribution is -2.35. The summed E-state index contributed by atoms with van der Waals surface area (Å²) in [4.78, 5) is 15.1. The van der Waals surface area contributed by atoms with E-state index in [2.05, 4.69) is 47.5 Å². The fourth-order valence-corrected chi connectivity index (χ4v) is 4.17. The van der Waals surface area contributed by atoms with Gasteiger partial charge in [-0.15, -0.1) is 0 Å². The summed E-state index contributed by atoms with van der Waals surface area (Å²) in [6.07, 6.45) is 4.91. The topological polar surface area (TPSA) is 41.6 Å². The van der Waals surface area contributed by atoms with Crippen molar-refractivity contribution in [2.45, 2.75) is 45.2 Å². The van der Waals surface area contributed by atoms with Crippen molar-refractivity contribution < 1.29 is 9.53 Å². The van der Waals surface area contributed by atoms with E-state index >= 15 is 0 Å². The molecule has 0 radical (unpaired) electrons. The maximum atomic E-state index is 12.7. The molecule has 1 atom stereocenters. The van der Waals surface area contributed by atoms with Crippen molar-refractivity contribution in [3.63, 3.8) is 0 Å². The van der Waals surface area contributed by atoms with Crippen molar-refractivity contribution in [3.05, 3.63) is 70.3 Å². The molecule has 4 heteroatoms. The molecule has 0 spiro atoms. The highest BCUT2D eigenvalue weighted by Crippen LogP contribution is 2.25. The second-order valence-electron chi connectivity index (χ2n) is 8.02. The van der Waals surface area contributed by atoms with Crippen molar-refractivity contribution in [3.8, 4) is 0 Å². The molecular weight excluding hydrogens is 348 g/mol. The first-order valence-corrected chi connectivity index (χ1v) is 10.5. The van der Waals surface area contributed by atoms with Gasteiger partial charge in [0.2, 0.25) is 0 Å². The quantitative estimate of drug-likeness (QED) is 0.858. The molecule has 2 aromatic carbocycles. The Morgan fingerprint density at radius 3 is 2.50 bits per heavy atom. The number of hydrogen-bond acceptors (Lipinski definition) is 3. The zero-order valence-corrected chi connectivity index (χ0v) is 16.7. The van der Waals surface area contributed by atoms with Gasteiger partial charge in [-0.1, -0.05) is 30.3 Å². The summed E-state index contributed by atoms with van der Waals surface area (Å²) in [6, 6.07) is 14.7. The third-order valence-corrected chi connectivity index (χ3v) is 5.95. The number of nitrogens with one attached hydrogen (secondary N) is 1. The normalized spacial score (nSPS) is 18.3. The standard InChI is InChI=1S/C24H30N2O2/c1-18(22-11-10-20-4-2-3-5-23(20)16-22)25-24(27)21-8-6-19(7-9-21)17-26-12-14-28-15-13-26/h6-11,16,18H,2-5,12-15,17H2,1H3,(H,25,27)/t18-/m0/s1. The Kier molecular flexibility index (Phi) is 6.08. The lowest BCUT2D eigenvalue weighted by molar-refractivity contribution is 0.0342. The van der Waals surface area contributed by atoms with E-state index in [0.717, 1.165) is 44.8 Å². The van der Waals surface area contributed by atoms with Crippen molar-refractivity contribution >= 4 is 5.91 Å². The highest BCUT2D eigenvalue weighted by molar-refractivity contribution is 5.94. The van der Waals surface area contributed by atoms with Crippen molar-refractivity contribution in [1.29, 1.82) is 0 Å². The van der Waals surface area contributed by atoms with Crippen LogP contribution in [0.3, 0.4) is 0 Å². The van der Waals surface area contributed by atoms with Gasteiger partial charge in [0.25, 0.3) is 5.91 Å². The third kappa shape index (κ3) is 4.62. The van der Waals surface area contributed by atoms with Crippen LogP contribution in [0.25, 0.3) is 0 Å². The minimum absolute atomic E-state index is 0.00718. The van der Waals surface area contributed by atoms with Gasteiger partial charge in [-0.3, -0.25) is 9.69 Å². The van der Waals surface area contributed by atoms with Crippen LogP contribution < -0.4 is 5.32 Å². The van der Waals surface area contributed by atoms with E-state index in [1.165, 1.54) is 41.5 Å². The Bertz CT molecular complexity index is 810. The van der Waals surface area contributed by atoms with Crippen LogP contribution >= 0.6 is 0 Å². The van der Waals surface area contributed by atoms with Crippen LogP contribution in [-0.4, -0.2) is 37.1 Å². The maximum Gasteiger partial charge on any atom is 0.251 e. The monoisotopic (exact) mass is 378 g/mol. The highest BCUT2D eigenvalue weighted by Gasteiger charge is 2.15. The van der Waals surface area contributed by atoms with Gasteiger partial charge < -0.3 is 10.1 Å². The van der Waals surface area contributed by atoms with Crippen LogP contribution in [0, 0.1) is 0 Å². The van der Waals surface area contributed by atoms with Gasteiger partial charge >= 0.3 is 0 Å². The van der Waals surface area contributed by atoms with Crippen molar-refractivity contribution in [2.75, 3.05) is 26.3 Å². The summed E-state index contributed by atoms with van der Waals surface area (Å²) < 4.78 is 5.40. The summed E-state index contributed by atoms with van der Waals surface area (Å²) in [5.41, 5.74) is 6.08. The van der Waals surface area contributed by atoms with E-state index in [4.69, 9.17) is 4.74 Å². The number of fused-ring (bicyclic) bond motifs is 1. The number of amides is 1. The second-order valence-corrected chi connectivity index (χ2v) is 8.02. The highest BCUT2D eigenvalue weighted by atomic mass is 16.5. The molecule has 4 rings (SSSR count). The van der Waals surface area contributed by atoms with E-state index in [0.29, 0.717) is 0 Å². The lowest BCUT2D eigenvalue weighted by Gasteiger charge is -2.26. The number of benzene rings is 2. The third-order valence-electron chi connectivity index (χ3n) is 5.95. The molecule has 0 aromatic heterocycles. The van der Waals surface area contributed by atoms with E-state index in [1.54, 1.807) is 0 Å².